The monoisotopic (exact) mass is 295 g/mol. The summed E-state index contributed by atoms with van der Waals surface area (Å²) in [4.78, 5) is 29.3. The van der Waals surface area contributed by atoms with Gasteiger partial charge in [-0.25, -0.2) is 9.97 Å². The number of hydrogen-bond acceptors (Lipinski definition) is 5. The first-order valence-electron chi connectivity index (χ1n) is 6.61. The molecular formula is C14H21N3O4. The maximum atomic E-state index is 11.1. The highest BCUT2D eigenvalue weighted by Gasteiger charge is 2.58. The van der Waals surface area contributed by atoms with Crippen molar-refractivity contribution in [2.75, 3.05) is 5.73 Å². The molecule has 2 rings (SSSR count). The molecule has 0 aliphatic heterocycles. The summed E-state index contributed by atoms with van der Waals surface area (Å²) in [5, 5.41) is 18.1. The van der Waals surface area contributed by atoms with Crippen LogP contribution in [0.15, 0.2) is 18.5 Å². The van der Waals surface area contributed by atoms with Gasteiger partial charge < -0.3 is 15.9 Å². The van der Waals surface area contributed by atoms with E-state index in [9.17, 15) is 9.59 Å². The summed E-state index contributed by atoms with van der Waals surface area (Å²) in [5.74, 6) is -2.02. The van der Waals surface area contributed by atoms with Gasteiger partial charge in [0.2, 0.25) is 5.95 Å². The van der Waals surface area contributed by atoms with Gasteiger partial charge in [0.05, 0.1) is 11.3 Å². The Kier molecular flexibility index (Phi) is 4.88. The standard InChI is InChI=1S/C10H16O4.C4H5N3/c1-9(2)6(7(11)12)4-5-10(9,3)8(13)14;5-4-6-2-1-3-7-4/h6H,4-5H2,1-3H3,(H,11,12)(H,13,14);1-3H,(H2,5,6,7). The third-order valence-corrected chi connectivity index (χ3v) is 4.58. The lowest BCUT2D eigenvalue weighted by Crippen LogP contribution is -2.42. The summed E-state index contributed by atoms with van der Waals surface area (Å²) >= 11 is 0. The molecule has 7 heteroatoms. The molecule has 0 bridgehead atoms. The molecule has 2 atom stereocenters. The summed E-state index contributed by atoms with van der Waals surface area (Å²) in [5.41, 5.74) is 3.53. The molecular weight excluding hydrogens is 274 g/mol. The molecule has 1 aromatic heterocycles. The number of carboxylic acid groups (broad SMARTS) is 2. The van der Waals surface area contributed by atoms with Crippen LogP contribution in [0.4, 0.5) is 5.95 Å². The van der Waals surface area contributed by atoms with E-state index in [0.717, 1.165) is 0 Å². The smallest absolute Gasteiger partial charge is 0.309 e. The Morgan fingerprint density at radius 3 is 2.00 bits per heavy atom. The minimum Gasteiger partial charge on any atom is -0.481 e. The molecule has 7 nitrogen and oxygen atoms in total. The number of carbonyl (C=O) groups is 2. The van der Waals surface area contributed by atoms with Crippen LogP contribution in [0, 0.1) is 16.7 Å². The molecule has 0 aromatic carbocycles. The van der Waals surface area contributed by atoms with Crippen molar-refractivity contribution in [3.8, 4) is 0 Å². The van der Waals surface area contributed by atoms with E-state index in [0.29, 0.717) is 18.8 Å². The van der Waals surface area contributed by atoms with Crippen molar-refractivity contribution in [1.82, 2.24) is 9.97 Å². The molecule has 21 heavy (non-hydrogen) atoms. The predicted molar refractivity (Wildman–Crippen MR) is 76.3 cm³/mol. The third-order valence-electron chi connectivity index (χ3n) is 4.58. The Morgan fingerprint density at radius 1 is 1.24 bits per heavy atom. The van der Waals surface area contributed by atoms with Gasteiger partial charge in [-0.05, 0) is 31.2 Å². The number of hydrogen-bond donors (Lipinski definition) is 3. The molecule has 1 aliphatic carbocycles. The molecule has 1 heterocycles. The van der Waals surface area contributed by atoms with Crippen LogP contribution >= 0.6 is 0 Å². The summed E-state index contributed by atoms with van der Waals surface area (Å²) in [6.07, 6.45) is 4.09. The van der Waals surface area contributed by atoms with Gasteiger partial charge in [-0.2, -0.15) is 0 Å². The van der Waals surface area contributed by atoms with E-state index < -0.39 is 28.7 Å². The van der Waals surface area contributed by atoms with Crippen LogP contribution < -0.4 is 5.73 Å². The van der Waals surface area contributed by atoms with Gasteiger partial charge in [0.1, 0.15) is 0 Å². The highest BCUT2D eigenvalue weighted by Crippen LogP contribution is 2.56. The molecule has 2 unspecified atom stereocenters. The van der Waals surface area contributed by atoms with Gasteiger partial charge in [0.25, 0.3) is 0 Å². The quantitative estimate of drug-likeness (QED) is 0.757. The predicted octanol–water partition coefficient (Wildman–Crippen LogP) is 1.66. The molecule has 1 aliphatic rings. The van der Waals surface area contributed by atoms with Crippen LogP contribution in [-0.2, 0) is 9.59 Å². The second kappa shape index (κ2) is 6.07. The Bertz CT molecular complexity index is 518. The van der Waals surface area contributed by atoms with Gasteiger partial charge in [0, 0.05) is 12.4 Å². The topological polar surface area (TPSA) is 126 Å². The molecule has 4 N–H and O–H groups in total. The first-order valence-corrected chi connectivity index (χ1v) is 6.61. The van der Waals surface area contributed by atoms with E-state index in [1.54, 1.807) is 39.2 Å². The minimum absolute atomic E-state index is 0.322. The molecule has 0 amide bonds. The normalized spacial score (nSPS) is 26.5. The average molecular weight is 295 g/mol. The van der Waals surface area contributed by atoms with Crippen molar-refractivity contribution in [3.05, 3.63) is 18.5 Å². The molecule has 0 saturated heterocycles. The van der Waals surface area contributed by atoms with Gasteiger partial charge in [-0.15, -0.1) is 0 Å². The lowest BCUT2D eigenvalue weighted by Gasteiger charge is -2.36. The average Bonchev–Trinajstić information content (AvgIpc) is 2.63. The zero-order valence-corrected chi connectivity index (χ0v) is 12.4. The van der Waals surface area contributed by atoms with Crippen molar-refractivity contribution in [1.29, 1.82) is 0 Å². The van der Waals surface area contributed by atoms with E-state index in [4.69, 9.17) is 15.9 Å². The number of aromatic nitrogens is 2. The number of carboxylic acids is 2. The van der Waals surface area contributed by atoms with Crippen molar-refractivity contribution in [3.63, 3.8) is 0 Å². The SMILES string of the molecule is CC1(C(=O)O)CCC(C(=O)O)C1(C)C.Nc1ncccn1. The molecule has 0 spiro atoms. The van der Waals surface area contributed by atoms with Crippen LogP contribution in [0.25, 0.3) is 0 Å². The second-order valence-corrected chi connectivity index (χ2v) is 5.90. The molecule has 0 radical (unpaired) electrons. The summed E-state index contributed by atoms with van der Waals surface area (Å²) < 4.78 is 0. The van der Waals surface area contributed by atoms with E-state index >= 15 is 0 Å². The highest BCUT2D eigenvalue weighted by molar-refractivity contribution is 5.80. The van der Waals surface area contributed by atoms with Gasteiger partial charge in [-0.1, -0.05) is 13.8 Å². The summed E-state index contributed by atoms with van der Waals surface area (Å²) in [7, 11) is 0. The van der Waals surface area contributed by atoms with Crippen LogP contribution in [0.1, 0.15) is 33.6 Å². The lowest BCUT2D eigenvalue weighted by atomic mass is 9.66. The highest BCUT2D eigenvalue weighted by atomic mass is 16.4. The third kappa shape index (κ3) is 3.29. The van der Waals surface area contributed by atoms with Crippen molar-refractivity contribution < 1.29 is 19.8 Å². The number of rotatable bonds is 2. The lowest BCUT2D eigenvalue weighted by molar-refractivity contribution is -0.157. The maximum Gasteiger partial charge on any atom is 0.309 e. The van der Waals surface area contributed by atoms with E-state index in [2.05, 4.69) is 9.97 Å². The van der Waals surface area contributed by atoms with Crippen molar-refractivity contribution in [2.24, 2.45) is 16.7 Å². The molecule has 116 valence electrons. The second-order valence-electron chi connectivity index (χ2n) is 5.90. The van der Waals surface area contributed by atoms with Gasteiger partial charge >= 0.3 is 11.9 Å². The Labute approximate surface area is 123 Å². The molecule has 1 fully saturated rings. The Morgan fingerprint density at radius 2 is 1.76 bits per heavy atom. The number of nitrogens with zero attached hydrogens (tertiary/aromatic N) is 2. The zero-order valence-electron chi connectivity index (χ0n) is 12.4. The molecule has 1 aromatic rings. The maximum absolute atomic E-state index is 11.1. The van der Waals surface area contributed by atoms with Crippen molar-refractivity contribution >= 4 is 17.9 Å². The van der Waals surface area contributed by atoms with Crippen LogP contribution in [-0.4, -0.2) is 32.1 Å². The van der Waals surface area contributed by atoms with Crippen molar-refractivity contribution in [2.45, 2.75) is 33.6 Å². The molecule has 1 saturated carbocycles. The minimum atomic E-state index is -0.921. The number of aliphatic carboxylic acids is 2. The zero-order chi connectivity index (χ0) is 16.3. The first-order chi connectivity index (χ1) is 9.63. The van der Waals surface area contributed by atoms with E-state index in [1.165, 1.54) is 0 Å². The van der Waals surface area contributed by atoms with Crippen LogP contribution in [0.5, 0.6) is 0 Å². The van der Waals surface area contributed by atoms with Crippen LogP contribution in [0.2, 0.25) is 0 Å². The van der Waals surface area contributed by atoms with Gasteiger partial charge in [-0.3, -0.25) is 9.59 Å². The van der Waals surface area contributed by atoms with Gasteiger partial charge in [0.15, 0.2) is 0 Å². The fourth-order valence-corrected chi connectivity index (χ4v) is 2.63. The Balaban J connectivity index is 0.000000262. The number of anilines is 1. The van der Waals surface area contributed by atoms with E-state index in [1.807, 2.05) is 0 Å². The largest absolute Gasteiger partial charge is 0.481 e. The van der Waals surface area contributed by atoms with E-state index in [-0.39, 0.29) is 0 Å². The number of nitrogens with two attached hydrogens (primary N) is 1. The fraction of sp³-hybridized carbons (Fsp3) is 0.571. The summed E-state index contributed by atoms with van der Waals surface area (Å²) in [6, 6.07) is 1.72. The number of nitrogen functional groups attached to an aromatic ring is 1. The first kappa shape index (κ1) is 16.9. The Hall–Kier alpha value is -2.18. The van der Waals surface area contributed by atoms with Crippen LogP contribution in [0.3, 0.4) is 0 Å². The summed E-state index contributed by atoms with van der Waals surface area (Å²) in [6.45, 7) is 5.10. The fourth-order valence-electron chi connectivity index (χ4n) is 2.63.